The Morgan fingerprint density at radius 3 is 1.50 bits per heavy atom. The van der Waals surface area contributed by atoms with Gasteiger partial charge in [-0.1, -0.05) is 99.8 Å². The van der Waals surface area contributed by atoms with Crippen LogP contribution in [0.4, 0.5) is 0 Å². The second kappa shape index (κ2) is 19.2. The van der Waals surface area contributed by atoms with E-state index in [1.165, 1.54) is 16.7 Å². The molecule has 0 rings (SSSR count). The summed E-state index contributed by atoms with van der Waals surface area (Å²) in [6.45, 7) is 31.5. The molecule has 0 atom stereocenters. The van der Waals surface area contributed by atoms with Crippen LogP contribution in [0.15, 0.2) is 96.7 Å². The van der Waals surface area contributed by atoms with Crippen LogP contribution in [0, 0.1) is 5.92 Å². The van der Waals surface area contributed by atoms with Crippen molar-refractivity contribution < 1.29 is 0 Å². The fourth-order valence-corrected chi connectivity index (χ4v) is 1.22. The van der Waals surface area contributed by atoms with Crippen LogP contribution in [-0.4, -0.2) is 0 Å². The highest BCUT2D eigenvalue weighted by atomic mass is 14.0. The zero-order valence-electron chi connectivity index (χ0n) is 18.7. The molecular formula is C26H42. The van der Waals surface area contributed by atoms with Crippen molar-refractivity contribution in [3.63, 3.8) is 0 Å². The summed E-state index contributed by atoms with van der Waals surface area (Å²) in [6, 6.07) is 0. The fraction of sp³-hybridized carbons (Fsp3) is 0.385. The minimum absolute atomic E-state index is 0.648. The Balaban J connectivity index is -0.000000333. The highest BCUT2D eigenvalue weighted by Crippen LogP contribution is 2.13. The van der Waals surface area contributed by atoms with E-state index in [1.54, 1.807) is 0 Å². The summed E-state index contributed by atoms with van der Waals surface area (Å²) < 4.78 is 0. The van der Waals surface area contributed by atoms with Gasteiger partial charge in [-0.2, -0.15) is 0 Å². The van der Waals surface area contributed by atoms with Gasteiger partial charge in [-0.15, -0.1) is 6.58 Å². The molecule has 0 aliphatic rings. The molecule has 0 aliphatic carbocycles. The van der Waals surface area contributed by atoms with Crippen molar-refractivity contribution in [2.75, 3.05) is 0 Å². The van der Waals surface area contributed by atoms with Gasteiger partial charge in [0.1, 0.15) is 0 Å². The molecule has 146 valence electrons. The number of hydrogen-bond donors (Lipinski definition) is 0. The quantitative estimate of drug-likeness (QED) is 0.316. The van der Waals surface area contributed by atoms with Crippen molar-refractivity contribution in [3.05, 3.63) is 96.7 Å². The van der Waals surface area contributed by atoms with Crippen LogP contribution in [0.3, 0.4) is 0 Å². The van der Waals surface area contributed by atoms with Crippen molar-refractivity contribution >= 4 is 0 Å². The molecule has 0 fully saturated rings. The third kappa shape index (κ3) is 24.2. The molecule has 0 saturated heterocycles. The molecule has 0 heterocycles. The van der Waals surface area contributed by atoms with Crippen LogP contribution >= 0.6 is 0 Å². The third-order valence-corrected chi connectivity index (χ3v) is 3.25. The zero-order valence-corrected chi connectivity index (χ0v) is 18.7. The van der Waals surface area contributed by atoms with Gasteiger partial charge in [-0.05, 0) is 58.1 Å². The normalized spacial score (nSPS) is 11.6. The third-order valence-electron chi connectivity index (χ3n) is 3.25. The highest BCUT2D eigenvalue weighted by molar-refractivity contribution is 5.39. The number of hydrogen-bond acceptors (Lipinski definition) is 0. The minimum Gasteiger partial charge on any atom is -0.103 e. The van der Waals surface area contributed by atoms with Crippen LogP contribution < -0.4 is 0 Å². The molecule has 0 aromatic heterocycles. The molecule has 0 unspecified atom stereocenters. The predicted octanol–water partition coefficient (Wildman–Crippen LogP) is 8.94. The molecule has 0 nitrogen and oxygen atoms in total. The Labute approximate surface area is 164 Å². The molecule has 0 heteroatoms. The van der Waals surface area contributed by atoms with E-state index in [2.05, 4.69) is 78.3 Å². The average Bonchev–Trinajstić information content (AvgIpc) is 2.60. The first-order chi connectivity index (χ1) is 12.0. The van der Waals surface area contributed by atoms with Gasteiger partial charge in [0, 0.05) is 0 Å². The van der Waals surface area contributed by atoms with E-state index in [-0.39, 0.29) is 0 Å². The average molecular weight is 355 g/mol. The monoisotopic (exact) mass is 354 g/mol. The van der Waals surface area contributed by atoms with Crippen molar-refractivity contribution in [3.8, 4) is 0 Å². The Hall–Kier alpha value is -2.08. The summed E-state index contributed by atoms with van der Waals surface area (Å²) in [5.74, 6) is 0.648. The van der Waals surface area contributed by atoms with Gasteiger partial charge in [0.05, 0.1) is 0 Å². The van der Waals surface area contributed by atoms with Crippen LogP contribution in [0.5, 0.6) is 0 Å². The lowest BCUT2D eigenvalue weighted by Gasteiger charge is -2.01. The maximum atomic E-state index is 3.97. The fourth-order valence-electron chi connectivity index (χ4n) is 1.22. The summed E-state index contributed by atoms with van der Waals surface area (Å²) in [5, 5.41) is 0. The molecule has 0 spiro atoms. The first kappa shape index (κ1) is 28.7. The summed E-state index contributed by atoms with van der Waals surface area (Å²) in [7, 11) is 0. The molecule has 0 bridgehead atoms. The van der Waals surface area contributed by atoms with Gasteiger partial charge in [-0.3, -0.25) is 0 Å². The summed E-state index contributed by atoms with van der Waals surface area (Å²) >= 11 is 0. The Bertz CT molecular complexity index is 543. The summed E-state index contributed by atoms with van der Waals surface area (Å²) in [6.07, 6.45) is 15.2. The molecule has 0 N–H and O–H groups in total. The van der Waals surface area contributed by atoms with Gasteiger partial charge in [0.2, 0.25) is 0 Å². The Morgan fingerprint density at radius 1 is 0.808 bits per heavy atom. The van der Waals surface area contributed by atoms with Crippen LogP contribution in [0.25, 0.3) is 0 Å². The molecule has 0 amide bonds. The first-order valence-corrected chi connectivity index (χ1v) is 9.32. The van der Waals surface area contributed by atoms with Gasteiger partial charge >= 0.3 is 0 Å². The van der Waals surface area contributed by atoms with Crippen LogP contribution in [0.1, 0.15) is 61.8 Å². The zero-order chi connectivity index (χ0) is 21.1. The topological polar surface area (TPSA) is 0 Å². The molecule has 0 aromatic carbocycles. The second-order valence-corrected chi connectivity index (χ2v) is 6.57. The number of rotatable bonds is 7. The smallest absolute Gasteiger partial charge is 0.0273 e. The van der Waals surface area contributed by atoms with Crippen molar-refractivity contribution in [2.45, 2.75) is 61.8 Å². The molecule has 0 aromatic rings. The SMILES string of the molecule is C=C(C)/C=C\C(=C/C)C(=C)CC.C=C(C)/C=C\C(C)=C/C.C=CC(C)C. The number of allylic oxidation sites excluding steroid dienone is 12. The van der Waals surface area contributed by atoms with E-state index >= 15 is 0 Å². The molecule has 0 radical (unpaired) electrons. The maximum absolute atomic E-state index is 3.97. The van der Waals surface area contributed by atoms with Gasteiger partial charge < -0.3 is 0 Å². The van der Waals surface area contributed by atoms with E-state index < -0.39 is 0 Å². The van der Waals surface area contributed by atoms with E-state index in [4.69, 9.17) is 0 Å². The van der Waals surface area contributed by atoms with Crippen LogP contribution in [-0.2, 0) is 0 Å². The Morgan fingerprint density at radius 2 is 1.23 bits per heavy atom. The van der Waals surface area contributed by atoms with Gasteiger partial charge in [-0.25, -0.2) is 0 Å². The maximum Gasteiger partial charge on any atom is -0.0273 e. The molecule has 0 saturated carbocycles. The summed E-state index contributed by atoms with van der Waals surface area (Å²) in [4.78, 5) is 0. The minimum atomic E-state index is 0.648. The molecule has 0 aliphatic heterocycles. The lowest BCUT2D eigenvalue weighted by molar-refractivity contribution is 0.835. The largest absolute Gasteiger partial charge is 0.103 e. The van der Waals surface area contributed by atoms with Gasteiger partial charge in [0.25, 0.3) is 0 Å². The lowest BCUT2D eigenvalue weighted by Crippen LogP contribution is -1.81. The van der Waals surface area contributed by atoms with E-state index in [1.807, 2.05) is 45.9 Å². The standard InChI is InChI=1S/C12H18.C9H14.C5H10/c1-6-11(5)12(7-2)9-8-10(3)4;1-5-9(4)7-6-8(2)3;1-4-5(2)3/h7-9H,3,5-6H2,1-2,4H3;5-7H,2H2,1,3-4H3;4-5H,1H2,2-3H3/b9-8-,12-7+;7-6-,9-5-;. The molecule has 26 heavy (non-hydrogen) atoms. The second-order valence-electron chi connectivity index (χ2n) is 6.57. The van der Waals surface area contributed by atoms with Crippen LogP contribution in [0.2, 0.25) is 0 Å². The van der Waals surface area contributed by atoms with E-state index in [0.717, 1.165) is 17.6 Å². The summed E-state index contributed by atoms with van der Waals surface area (Å²) in [5.41, 5.74) is 5.82. The molecular weight excluding hydrogens is 312 g/mol. The predicted molar refractivity (Wildman–Crippen MR) is 126 cm³/mol. The lowest BCUT2D eigenvalue weighted by atomic mass is 10.0. The van der Waals surface area contributed by atoms with Crippen molar-refractivity contribution in [1.29, 1.82) is 0 Å². The first-order valence-electron chi connectivity index (χ1n) is 9.32. The highest BCUT2D eigenvalue weighted by Gasteiger charge is 1.93. The van der Waals surface area contributed by atoms with Crippen molar-refractivity contribution in [2.24, 2.45) is 5.92 Å². The Kier molecular flexibility index (Phi) is 21.3. The van der Waals surface area contributed by atoms with E-state index in [0.29, 0.717) is 5.92 Å². The van der Waals surface area contributed by atoms with Crippen molar-refractivity contribution in [1.82, 2.24) is 0 Å². The van der Waals surface area contributed by atoms with E-state index in [9.17, 15) is 0 Å². The van der Waals surface area contributed by atoms with Gasteiger partial charge in [0.15, 0.2) is 0 Å².